The molecule has 21 aliphatic carbocycles. The lowest BCUT2D eigenvalue weighted by Gasteiger charge is -2.61. The van der Waals surface area contributed by atoms with E-state index in [1.54, 1.807) is 27.7 Å². The number of hydrogen-bond donors (Lipinski definition) is 0. The Morgan fingerprint density at radius 1 is 0.297 bits per heavy atom. The first-order chi connectivity index (χ1) is 68.5. The molecule has 8 unspecified atom stereocenters. The summed E-state index contributed by atoms with van der Waals surface area (Å²) in [6.07, 6.45) is 39.4. The van der Waals surface area contributed by atoms with Gasteiger partial charge in [0.25, 0.3) is 0 Å². The third kappa shape index (κ3) is 28.5. The Labute approximate surface area is 888 Å². The van der Waals surface area contributed by atoms with Crippen molar-refractivity contribution in [1.82, 2.24) is 0 Å². The van der Waals surface area contributed by atoms with Crippen LogP contribution in [0, 0.1) is 120 Å². The van der Waals surface area contributed by atoms with Gasteiger partial charge in [-0.2, -0.15) is 0 Å². The Morgan fingerprint density at radius 3 is 1.00 bits per heavy atom. The Bertz CT molecular complexity index is 4590. The molecule has 0 N–H and O–H groups in total. The van der Waals surface area contributed by atoms with E-state index in [2.05, 4.69) is 34.6 Å². The van der Waals surface area contributed by atoms with Gasteiger partial charge in [-0.05, 0) is 448 Å². The predicted molar refractivity (Wildman–Crippen MR) is 562 cm³/mol. The summed E-state index contributed by atoms with van der Waals surface area (Å²) in [5.74, 6) is 3.22. The highest BCUT2D eigenvalue weighted by Gasteiger charge is 2.69. The fourth-order valence-electron chi connectivity index (χ4n) is 30.1. The summed E-state index contributed by atoms with van der Waals surface area (Å²) in [5.41, 5.74) is -9.14. The summed E-state index contributed by atoms with van der Waals surface area (Å²) in [6.45, 7) is 56.8. The van der Waals surface area contributed by atoms with Crippen molar-refractivity contribution in [2.75, 3.05) is 33.0 Å². The van der Waals surface area contributed by atoms with E-state index in [0.29, 0.717) is 111 Å². The van der Waals surface area contributed by atoms with Crippen molar-refractivity contribution in [3.8, 4) is 0 Å². The second-order valence-corrected chi connectivity index (χ2v) is 57.3. The van der Waals surface area contributed by atoms with Crippen LogP contribution in [0.1, 0.15) is 483 Å². The summed E-state index contributed by atoms with van der Waals surface area (Å²) in [6, 6.07) is 0. The maximum absolute atomic E-state index is 13.4. The summed E-state index contributed by atoms with van der Waals surface area (Å²) in [7, 11) is 0. The van der Waals surface area contributed by atoms with Gasteiger partial charge < -0.3 is 66.3 Å². The molecule has 20 bridgehead atoms. The standard InChI is InChI=1S/C27H44O5.C25H40O6.C25H42O5.C23H36O6.C22H36O4/c1-5-24(2,3)23(29)32-27-17-20-14-21(18-27)16-26(15-20,19-27)30-13-9-10-22(28)31-25(4)11-7-6-8-12-25;1-8-22(4,5)20(27)29-14-19(26)30-25-12-17-9-18(13-25)11-24(10-17,15-25)21(28)31-23(6,7)16(2)3;1-7-22(4,5)20(26)28-10-11-29-25-15-18-12-19(16-25)14-24(13-18,17-25)21(27)30-23(6,8-2)9-3;1-7-21(5,6)18(25)27-13-17(24)28-23-11-15-8-16(12-23)10-22(9-15,14-23)19(26)29-20(2,3)4;1-7-21(5,6)19(24)26-22(13-18(23)25-20(2,3)4)16-9-14-8-15(11-16)12-17(22)10-14/h20-21H,5-19H2,1-4H3;16-18H,8-15H2,1-7H3;18-19H,7-17H2,1-6H3;15-16H,7-14H2,1-6H3;14-17H,7-13H2,1-6H3. The molecule has 26 nitrogen and oxygen atoms in total. The quantitative estimate of drug-likeness (QED) is 0.0315. The second-order valence-electron chi connectivity index (χ2n) is 57.3. The van der Waals surface area contributed by atoms with E-state index < -0.39 is 101 Å². The van der Waals surface area contributed by atoms with Crippen molar-refractivity contribution in [3.05, 3.63) is 0 Å². The van der Waals surface area contributed by atoms with E-state index in [9.17, 15) is 57.5 Å². The lowest BCUT2D eigenvalue weighted by atomic mass is 9.48. The number of rotatable bonds is 38. The maximum Gasteiger partial charge on any atom is 0.344 e. The molecule has 21 fully saturated rings. The number of ether oxygens (including phenoxy) is 14. The zero-order chi connectivity index (χ0) is 109. The molecule has 0 amide bonds. The number of carbonyl (C=O) groups excluding carboxylic acids is 12. The molecule has 21 saturated carbocycles. The predicted octanol–water partition coefficient (Wildman–Crippen LogP) is 25.5. The Hall–Kier alpha value is -6.44. The van der Waals surface area contributed by atoms with Crippen LogP contribution in [-0.2, 0) is 124 Å². The third-order valence-electron chi connectivity index (χ3n) is 39.6. The molecule has 21 rings (SSSR count). The summed E-state index contributed by atoms with van der Waals surface area (Å²) >= 11 is 0. The summed E-state index contributed by atoms with van der Waals surface area (Å²) in [5, 5.41) is 0. The lowest BCUT2D eigenvalue weighted by molar-refractivity contribution is -0.238. The molecule has 0 heterocycles. The minimum Gasteiger partial charge on any atom is -0.463 e. The van der Waals surface area contributed by atoms with Crippen LogP contribution in [0.2, 0.25) is 0 Å². The normalized spacial score (nSPS) is 33.9. The van der Waals surface area contributed by atoms with E-state index in [0.717, 1.165) is 224 Å². The topological polar surface area (TPSA) is 334 Å². The van der Waals surface area contributed by atoms with Gasteiger partial charge in [0.2, 0.25) is 0 Å². The van der Waals surface area contributed by atoms with Crippen molar-refractivity contribution in [3.63, 3.8) is 0 Å². The van der Waals surface area contributed by atoms with Gasteiger partial charge in [0.05, 0.1) is 67.5 Å². The first-order valence-electron chi connectivity index (χ1n) is 58.4. The molecule has 0 spiro atoms. The van der Waals surface area contributed by atoms with Crippen LogP contribution in [-0.4, -0.2) is 166 Å². The smallest absolute Gasteiger partial charge is 0.344 e. The molecule has 8 atom stereocenters. The zero-order valence-corrected chi connectivity index (χ0v) is 97.3. The number of esters is 12. The third-order valence-corrected chi connectivity index (χ3v) is 39.6. The van der Waals surface area contributed by atoms with E-state index in [4.69, 9.17) is 66.3 Å². The minimum absolute atomic E-state index is 0.00750. The van der Waals surface area contributed by atoms with Crippen LogP contribution in [0.3, 0.4) is 0 Å². The van der Waals surface area contributed by atoms with Crippen molar-refractivity contribution >= 4 is 71.6 Å². The van der Waals surface area contributed by atoms with Crippen molar-refractivity contribution in [1.29, 1.82) is 0 Å². The van der Waals surface area contributed by atoms with Gasteiger partial charge in [0, 0.05) is 44.1 Å². The summed E-state index contributed by atoms with van der Waals surface area (Å²) in [4.78, 5) is 153. The van der Waals surface area contributed by atoms with Gasteiger partial charge in [0.15, 0.2) is 13.2 Å². The van der Waals surface area contributed by atoms with E-state index in [-0.39, 0.29) is 108 Å². The van der Waals surface area contributed by atoms with Crippen LogP contribution in [0.4, 0.5) is 0 Å². The molecule has 0 radical (unpaired) electrons. The minimum atomic E-state index is -0.653. The van der Waals surface area contributed by atoms with E-state index in [1.165, 1.54) is 25.7 Å². The second kappa shape index (κ2) is 45.4. The van der Waals surface area contributed by atoms with E-state index >= 15 is 0 Å². The molecule has 0 aliphatic heterocycles. The highest BCUT2D eigenvalue weighted by atomic mass is 16.6. The molecule has 26 heteroatoms. The Kier molecular flexibility index (Phi) is 36.9. The van der Waals surface area contributed by atoms with Crippen LogP contribution < -0.4 is 0 Å². The van der Waals surface area contributed by atoms with Gasteiger partial charge in [-0.1, -0.05) is 68.7 Å². The van der Waals surface area contributed by atoms with Crippen LogP contribution >= 0.6 is 0 Å². The van der Waals surface area contributed by atoms with Crippen molar-refractivity contribution < 1.29 is 124 Å². The molecule has 0 aromatic heterocycles. The van der Waals surface area contributed by atoms with Gasteiger partial charge in [-0.15, -0.1) is 0 Å². The van der Waals surface area contributed by atoms with Crippen molar-refractivity contribution in [2.24, 2.45) is 120 Å². The monoisotopic (exact) mass is 2080 g/mol. The van der Waals surface area contributed by atoms with Crippen LogP contribution in [0.15, 0.2) is 0 Å². The van der Waals surface area contributed by atoms with Crippen molar-refractivity contribution in [2.45, 2.75) is 545 Å². The fraction of sp³-hybridized carbons (Fsp3) is 0.902. The molecule has 21 aliphatic rings. The number of hydrogen-bond acceptors (Lipinski definition) is 26. The average Bonchev–Trinajstić information content (AvgIpc) is 0.380. The SMILES string of the molecule is CCC(C)(C)C(=O)OC1(CC(=O)OC(C)(C)C)C2CC3CC(C2)CC1C3.CCC(C)(C)C(=O)OC12CC3CC(CC(OCCCC(=O)OC4(C)CCCCC4)(C3)C1)C2.CCC(C)(C)C(=O)OCC(=O)OC12CC3CC(C1)CC(C(=O)OC(C)(C)C(C)C)(C3)C2.CCC(C)(C)C(=O)OCC(=O)OC12CC3CC(C1)CC(C(=O)OC(C)(C)C)(C3)C2.CCC(C)(CC)OC(=O)C12CC3CC(CC(OCCOC(=O)C(C)(C)CC)(C3)C1)C2. The first-order valence-corrected chi connectivity index (χ1v) is 58.4. The van der Waals surface area contributed by atoms with Crippen LogP contribution in [0.5, 0.6) is 0 Å². The first kappa shape index (κ1) is 120. The van der Waals surface area contributed by atoms with Gasteiger partial charge in [-0.3, -0.25) is 47.9 Å². The Morgan fingerprint density at radius 2 is 0.622 bits per heavy atom. The highest BCUT2D eigenvalue weighted by Crippen LogP contribution is 2.69. The average molecular weight is 2080 g/mol. The molecule has 0 saturated heterocycles. The number of carbonyl (C=O) groups is 12. The molecule has 842 valence electrons. The highest BCUT2D eigenvalue weighted by molar-refractivity contribution is 5.84. The molecular formula is C122H198O26. The molecule has 0 aromatic rings. The largest absolute Gasteiger partial charge is 0.463 e. The Balaban J connectivity index is 0.000000165. The summed E-state index contributed by atoms with van der Waals surface area (Å²) < 4.78 is 82.7. The molecule has 148 heavy (non-hydrogen) atoms. The van der Waals surface area contributed by atoms with Gasteiger partial charge in [-0.25, -0.2) is 9.59 Å². The molecular weight excluding hydrogens is 1880 g/mol. The van der Waals surface area contributed by atoms with Gasteiger partial charge >= 0.3 is 71.6 Å². The van der Waals surface area contributed by atoms with E-state index in [1.807, 2.05) is 138 Å². The zero-order valence-electron chi connectivity index (χ0n) is 97.3. The molecule has 0 aromatic carbocycles. The fourth-order valence-corrected chi connectivity index (χ4v) is 30.1. The van der Waals surface area contributed by atoms with Crippen LogP contribution in [0.25, 0.3) is 0 Å². The van der Waals surface area contributed by atoms with Gasteiger partial charge in [0.1, 0.15) is 57.0 Å². The lowest BCUT2D eigenvalue weighted by Crippen LogP contribution is -2.62. The maximum atomic E-state index is 13.4.